The molecule has 3 heterocycles. The molecule has 0 N–H and O–H groups in total. The molecule has 0 spiro atoms. The molecule has 2 aliphatic heterocycles. The predicted octanol–water partition coefficient (Wildman–Crippen LogP) is 3.32. The van der Waals surface area contributed by atoms with Crippen LogP contribution in [0.3, 0.4) is 0 Å². The first kappa shape index (κ1) is 13.8. The molecule has 1 aromatic rings. The Hall–Kier alpha value is -0.870. The summed E-state index contributed by atoms with van der Waals surface area (Å²) >= 11 is 1.65. The number of likely N-dealkylation sites (N-methyl/N-ethyl adjacent to an activating group) is 1. The molecule has 1 aliphatic carbocycles. The van der Waals surface area contributed by atoms with Crippen molar-refractivity contribution >= 4 is 17.2 Å². The van der Waals surface area contributed by atoms with E-state index in [-0.39, 0.29) is 0 Å². The molecule has 21 heavy (non-hydrogen) atoms. The van der Waals surface area contributed by atoms with E-state index in [0.717, 1.165) is 11.4 Å². The highest BCUT2D eigenvalue weighted by Gasteiger charge is 2.40. The van der Waals surface area contributed by atoms with E-state index in [1.54, 1.807) is 11.3 Å². The SMILES string of the molecule is CN1CCC[C@@H]1[C@H]1CCCN1C(=O)c1sccc1C1CC1. The lowest BCUT2D eigenvalue weighted by Gasteiger charge is -2.33. The smallest absolute Gasteiger partial charge is 0.264 e. The van der Waals surface area contributed by atoms with Gasteiger partial charge in [0.15, 0.2) is 0 Å². The van der Waals surface area contributed by atoms with Crippen LogP contribution >= 0.6 is 11.3 Å². The van der Waals surface area contributed by atoms with Gasteiger partial charge in [-0.3, -0.25) is 4.79 Å². The third-order valence-corrected chi connectivity index (χ3v) is 6.41. The van der Waals surface area contributed by atoms with Gasteiger partial charge in [-0.15, -0.1) is 11.3 Å². The first-order valence-electron chi connectivity index (χ1n) is 8.34. The highest BCUT2D eigenvalue weighted by Crippen LogP contribution is 2.44. The summed E-state index contributed by atoms with van der Waals surface area (Å²) in [4.78, 5) is 18.7. The average molecular weight is 304 g/mol. The van der Waals surface area contributed by atoms with Crippen LogP contribution in [0.25, 0.3) is 0 Å². The summed E-state index contributed by atoms with van der Waals surface area (Å²) in [5.74, 6) is 0.986. The molecular formula is C17H24N2OS. The van der Waals surface area contributed by atoms with Gasteiger partial charge >= 0.3 is 0 Å². The van der Waals surface area contributed by atoms with E-state index in [1.807, 2.05) is 0 Å². The zero-order valence-electron chi connectivity index (χ0n) is 12.8. The van der Waals surface area contributed by atoms with E-state index in [2.05, 4.69) is 28.3 Å². The molecule has 1 saturated carbocycles. The van der Waals surface area contributed by atoms with Gasteiger partial charge in [0.2, 0.25) is 0 Å². The molecule has 1 aromatic heterocycles. The van der Waals surface area contributed by atoms with Crippen molar-refractivity contribution in [1.29, 1.82) is 0 Å². The van der Waals surface area contributed by atoms with Gasteiger partial charge in [-0.1, -0.05) is 0 Å². The summed E-state index contributed by atoms with van der Waals surface area (Å²) in [6, 6.07) is 3.21. The maximum absolute atomic E-state index is 13.1. The Bertz CT molecular complexity index is 537. The Labute approximate surface area is 130 Å². The second-order valence-electron chi connectivity index (χ2n) is 6.88. The van der Waals surface area contributed by atoms with Crippen LogP contribution in [0.2, 0.25) is 0 Å². The fourth-order valence-corrected chi connectivity index (χ4v) is 5.15. The highest BCUT2D eigenvalue weighted by molar-refractivity contribution is 7.12. The lowest BCUT2D eigenvalue weighted by Crippen LogP contribution is -2.47. The van der Waals surface area contributed by atoms with Crippen molar-refractivity contribution in [2.45, 2.75) is 56.5 Å². The van der Waals surface area contributed by atoms with Crippen molar-refractivity contribution in [2.75, 3.05) is 20.1 Å². The van der Waals surface area contributed by atoms with Gasteiger partial charge in [0, 0.05) is 18.6 Å². The Balaban J connectivity index is 1.56. The van der Waals surface area contributed by atoms with Crippen molar-refractivity contribution in [2.24, 2.45) is 0 Å². The van der Waals surface area contributed by atoms with Crippen molar-refractivity contribution in [3.05, 3.63) is 21.9 Å². The fourth-order valence-electron chi connectivity index (χ4n) is 4.21. The van der Waals surface area contributed by atoms with Crippen LogP contribution in [0.4, 0.5) is 0 Å². The number of thiophene rings is 1. The highest BCUT2D eigenvalue weighted by atomic mass is 32.1. The number of hydrogen-bond donors (Lipinski definition) is 0. The molecule has 0 aromatic carbocycles. The van der Waals surface area contributed by atoms with Crippen LogP contribution in [0.1, 0.15) is 59.7 Å². The molecule has 3 nitrogen and oxygen atoms in total. The molecular weight excluding hydrogens is 280 g/mol. The van der Waals surface area contributed by atoms with Gasteiger partial charge in [0.1, 0.15) is 0 Å². The number of nitrogens with zero attached hydrogens (tertiary/aromatic N) is 2. The van der Waals surface area contributed by atoms with Gasteiger partial charge in [-0.25, -0.2) is 0 Å². The maximum atomic E-state index is 13.1. The monoisotopic (exact) mass is 304 g/mol. The first-order chi connectivity index (χ1) is 10.3. The molecule has 1 amide bonds. The van der Waals surface area contributed by atoms with Crippen molar-refractivity contribution in [1.82, 2.24) is 9.80 Å². The van der Waals surface area contributed by atoms with E-state index in [9.17, 15) is 4.79 Å². The molecule has 3 aliphatic rings. The predicted molar refractivity (Wildman–Crippen MR) is 86.0 cm³/mol. The maximum Gasteiger partial charge on any atom is 0.264 e. The van der Waals surface area contributed by atoms with Gasteiger partial charge in [-0.05, 0) is 75.0 Å². The van der Waals surface area contributed by atoms with Gasteiger partial charge in [0.25, 0.3) is 5.91 Å². The molecule has 0 radical (unpaired) electrons. The van der Waals surface area contributed by atoms with Crippen LogP contribution in [0.15, 0.2) is 11.4 Å². The first-order valence-corrected chi connectivity index (χ1v) is 9.22. The van der Waals surface area contributed by atoms with Crippen molar-refractivity contribution in [3.8, 4) is 0 Å². The minimum Gasteiger partial charge on any atom is -0.333 e. The van der Waals surface area contributed by atoms with Crippen molar-refractivity contribution < 1.29 is 4.79 Å². The van der Waals surface area contributed by atoms with E-state index in [0.29, 0.717) is 23.9 Å². The minimum atomic E-state index is 0.315. The van der Waals surface area contributed by atoms with E-state index in [1.165, 1.54) is 50.6 Å². The minimum absolute atomic E-state index is 0.315. The number of likely N-dealkylation sites (tertiary alicyclic amines) is 2. The number of amides is 1. The van der Waals surface area contributed by atoms with Crippen LogP contribution < -0.4 is 0 Å². The normalized spacial score (nSPS) is 30.2. The third-order valence-electron chi connectivity index (χ3n) is 5.49. The Morgan fingerprint density at radius 1 is 1.14 bits per heavy atom. The summed E-state index contributed by atoms with van der Waals surface area (Å²) in [5, 5.41) is 2.10. The summed E-state index contributed by atoms with van der Waals surface area (Å²) < 4.78 is 0. The molecule has 0 bridgehead atoms. The number of rotatable bonds is 3. The number of hydrogen-bond acceptors (Lipinski definition) is 3. The van der Waals surface area contributed by atoms with Gasteiger partial charge in [0.05, 0.1) is 4.88 Å². The third kappa shape index (κ3) is 2.42. The molecule has 114 valence electrons. The van der Waals surface area contributed by atoms with E-state index >= 15 is 0 Å². The van der Waals surface area contributed by atoms with E-state index in [4.69, 9.17) is 0 Å². The molecule has 0 unspecified atom stereocenters. The Morgan fingerprint density at radius 3 is 2.62 bits per heavy atom. The summed E-state index contributed by atoms with van der Waals surface area (Å²) in [7, 11) is 2.22. The van der Waals surface area contributed by atoms with E-state index < -0.39 is 0 Å². The standard InChI is InChI=1S/C17H24N2OS/c1-18-9-2-4-14(18)15-5-3-10-19(15)17(20)16-13(8-11-21-16)12-6-7-12/h8,11-12,14-15H,2-7,9-10H2,1H3/t14-,15-/m1/s1. The summed E-state index contributed by atoms with van der Waals surface area (Å²) in [5.41, 5.74) is 1.33. The quantitative estimate of drug-likeness (QED) is 0.855. The Morgan fingerprint density at radius 2 is 1.90 bits per heavy atom. The van der Waals surface area contributed by atoms with Crippen LogP contribution in [-0.2, 0) is 0 Å². The zero-order chi connectivity index (χ0) is 14.4. The second-order valence-corrected chi connectivity index (χ2v) is 7.79. The van der Waals surface area contributed by atoms with Crippen LogP contribution in [-0.4, -0.2) is 47.9 Å². The molecule has 4 heteroatoms. The number of carbonyl (C=O) groups excluding carboxylic acids is 1. The topological polar surface area (TPSA) is 23.6 Å². The molecule has 2 atom stereocenters. The van der Waals surface area contributed by atoms with Crippen LogP contribution in [0.5, 0.6) is 0 Å². The molecule has 3 fully saturated rings. The Kier molecular flexibility index (Phi) is 3.54. The molecule has 4 rings (SSSR count). The van der Waals surface area contributed by atoms with Gasteiger partial charge < -0.3 is 9.80 Å². The zero-order valence-corrected chi connectivity index (χ0v) is 13.6. The van der Waals surface area contributed by atoms with Crippen LogP contribution in [0, 0.1) is 0 Å². The second kappa shape index (κ2) is 5.40. The number of carbonyl (C=O) groups is 1. The lowest BCUT2D eigenvalue weighted by molar-refractivity contribution is 0.0668. The largest absolute Gasteiger partial charge is 0.333 e. The average Bonchev–Trinajstić information content (AvgIpc) is 2.93. The lowest BCUT2D eigenvalue weighted by atomic mass is 10.0. The van der Waals surface area contributed by atoms with Gasteiger partial charge in [-0.2, -0.15) is 0 Å². The summed E-state index contributed by atoms with van der Waals surface area (Å²) in [6.07, 6.45) is 7.43. The van der Waals surface area contributed by atoms with Crippen molar-refractivity contribution in [3.63, 3.8) is 0 Å². The fraction of sp³-hybridized carbons (Fsp3) is 0.706. The molecule has 2 saturated heterocycles. The summed E-state index contributed by atoms with van der Waals surface area (Å²) in [6.45, 7) is 2.14.